The van der Waals surface area contributed by atoms with Crippen LogP contribution in [-0.4, -0.2) is 70.1 Å². The Kier molecular flexibility index (Phi) is 7.70. The molecule has 1 aliphatic heterocycles. The van der Waals surface area contributed by atoms with E-state index in [9.17, 15) is 14.4 Å². The van der Waals surface area contributed by atoms with Crippen LogP contribution in [0.2, 0.25) is 0 Å². The molecule has 1 heterocycles. The van der Waals surface area contributed by atoms with Gasteiger partial charge in [0.25, 0.3) is 11.1 Å². The molecule has 0 saturated carbocycles. The van der Waals surface area contributed by atoms with Crippen LogP contribution in [0.25, 0.3) is 6.08 Å². The zero-order valence-corrected chi connectivity index (χ0v) is 16.9. The number of carbonyl (C=O) groups excluding carboxylic acids is 3. The van der Waals surface area contributed by atoms with E-state index in [2.05, 4.69) is 5.32 Å². The summed E-state index contributed by atoms with van der Waals surface area (Å²) in [5.41, 5.74) is 0.537. The quantitative estimate of drug-likeness (QED) is 0.483. The van der Waals surface area contributed by atoms with E-state index in [-0.39, 0.29) is 11.4 Å². The number of imide groups is 1. The van der Waals surface area contributed by atoms with E-state index < -0.39 is 17.1 Å². The third-order valence-corrected chi connectivity index (χ3v) is 4.73. The summed E-state index contributed by atoms with van der Waals surface area (Å²) >= 11 is 0.756. The molecule has 152 valence electrons. The van der Waals surface area contributed by atoms with Crippen LogP contribution in [0.3, 0.4) is 0 Å². The largest absolute Gasteiger partial charge is 0.496 e. The summed E-state index contributed by atoms with van der Waals surface area (Å²) in [6.07, 6.45) is 1.52. The second-order valence-electron chi connectivity index (χ2n) is 5.56. The SMILES string of the molecule is COCCNC(=O)CN1C(=O)S/C(=C\c2cc(OC)c(OC)cc2OC)C1=O. The number of methoxy groups -OCH3 is 4. The average molecular weight is 410 g/mol. The summed E-state index contributed by atoms with van der Waals surface area (Å²) in [6.45, 7) is 0.283. The van der Waals surface area contributed by atoms with Crippen molar-refractivity contribution >= 4 is 34.9 Å². The van der Waals surface area contributed by atoms with E-state index >= 15 is 0 Å². The number of hydrogen-bond donors (Lipinski definition) is 1. The molecule has 1 saturated heterocycles. The Hall–Kier alpha value is -2.72. The van der Waals surface area contributed by atoms with Gasteiger partial charge < -0.3 is 24.3 Å². The number of benzene rings is 1. The molecule has 1 aliphatic rings. The number of hydrogen-bond acceptors (Lipinski definition) is 8. The number of rotatable bonds is 9. The molecule has 0 bridgehead atoms. The first-order valence-corrected chi connectivity index (χ1v) is 9.07. The van der Waals surface area contributed by atoms with Crippen LogP contribution in [0.5, 0.6) is 17.2 Å². The van der Waals surface area contributed by atoms with Crippen LogP contribution in [0, 0.1) is 0 Å². The van der Waals surface area contributed by atoms with Crippen LogP contribution >= 0.6 is 11.8 Å². The van der Waals surface area contributed by atoms with Crippen molar-refractivity contribution in [1.29, 1.82) is 0 Å². The van der Waals surface area contributed by atoms with E-state index in [1.165, 1.54) is 34.5 Å². The Morgan fingerprint density at radius 3 is 2.32 bits per heavy atom. The van der Waals surface area contributed by atoms with Gasteiger partial charge >= 0.3 is 0 Å². The molecule has 9 nitrogen and oxygen atoms in total. The van der Waals surface area contributed by atoms with Gasteiger partial charge in [-0.3, -0.25) is 19.3 Å². The normalized spacial score (nSPS) is 15.1. The second kappa shape index (κ2) is 10.00. The molecule has 0 spiro atoms. The summed E-state index contributed by atoms with van der Waals surface area (Å²) in [5.74, 6) is 0.378. The second-order valence-corrected chi connectivity index (χ2v) is 6.55. The Bertz CT molecular complexity index is 794. The van der Waals surface area contributed by atoms with Gasteiger partial charge in [0.05, 0.1) is 32.8 Å². The molecule has 10 heteroatoms. The number of thioether (sulfide) groups is 1. The predicted molar refractivity (Wildman–Crippen MR) is 104 cm³/mol. The lowest BCUT2D eigenvalue weighted by Gasteiger charge is -2.13. The molecule has 0 radical (unpaired) electrons. The minimum atomic E-state index is -0.547. The van der Waals surface area contributed by atoms with Crippen LogP contribution in [0.15, 0.2) is 17.0 Å². The molecular formula is C18H22N2O7S. The summed E-state index contributed by atoms with van der Waals surface area (Å²) in [4.78, 5) is 37.7. The van der Waals surface area contributed by atoms with Crippen LogP contribution in [0.4, 0.5) is 4.79 Å². The van der Waals surface area contributed by atoms with Crippen LogP contribution in [-0.2, 0) is 14.3 Å². The van der Waals surface area contributed by atoms with Crippen LogP contribution in [0.1, 0.15) is 5.56 Å². The van der Waals surface area contributed by atoms with Crippen molar-refractivity contribution in [2.45, 2.75) is 0 Å². The summed E-state index contributed by atoms with van der Waals surface area (Å²) in [7, 11) is 5.98. The maximum atomic E-state index is 12.6. The lowest BCUT2D eigenvalue weighted by molar-refractivity contribution is -0.129. The van der Waals surface area contributed by atoms with Crippen molar-refractivity contribution in [2.75, 3.05) is 48.1 Å². The lowest BCUT2D eigenvalue weighted by Crippen LogP contribution is -2.40. The zero-order valence-electron chi connectivity index (χ0n) is 16.1. The molecule has 1 aromatic rings. The van der Waals surface area contributed by atoms with E-state index in [0.29, 0.717) is 36.0 Å². The Morgan fingerprint density at radius 2 is 1.71 bits per heavy atom. The molecule has 0 unspecified atom stereocenters. The van der Waals surface area contributed by atoms with Crippen molar-refractivity contribution in [2.24, 2.45) is 0 Å². The highest BCUT2D eigenvalue weighted by atomic mass is 32.2. The minimum absolute atomic E-state index is 0.181. The van der Waals surface area contributed by atoms with E-state index in [1.807, 2.05) is 0 Å². The van der Waals surface area contributed by atoms with Gasteiger partial charge in [0.2, 0.25) is 5.91 Å². The van der Waals surface area contributed by atoms with Crippen LogP contribution < -0.4 is 19.5 Å². The highest BCUT2D eigenvalue weighted by Gasteiger charge is 2.36. The molecule has 1 N–H and O–H groups in total. The number of amides is 3. The Labute approximate surface area is 166 Å². The average Bonchev–Trinajstić information content (AvgIpc) is 2.95. The molecular weight excluding hydrogens is 388 g/mol. The summed E-state index contributed by atoms with van der Waals surface area (Å²) in [6, 6.07) is 3.27. The molecule has 0 atom stereocenters. The third kappa shape index (κ3) is 4.96. The van der Waals surface area contributed by atoms with Gasteiger partial charge in [-0.25, -0.2) is 0 Å². The first-order valence-electron chi connectivity index (χ1n) is 8.26. The van der Waals surface area contributed by atoms with Gasteiger partial charge in [-0.15, -0.1) is 0 Å². The monoisotopic (exact) mass is 410 g/mol. The molecule has 1 fully saturated rings. The number of ether oxygens (including phenoxy) is 4. The van der Waals surface area contributed by atoms with Crippen molar-refractivity contribution in [3.63, 3.8) is 0 Å². The fourth-order valence-corrected chi connectivity index (χ4v) is 3.26. The standard InChI is InChI=1S/C18H22N2O7S/c1-24-6-5-19-16(21)10-20-17(22)15(28-18(20)23)8-11-7-13(26-3)14(27-4)9-12(11)25-2/h7-9H,5-6,10H2,1-4H3,(H,19,21)/b15-8-. The Morgan fingerprint density at radius 1 is 1.07 bits per heavy atom. The number of nitrogens with zero attached hydrogens (tertiary/aromatic N) is 1. The van der Waals surface area contributed by atoms with E-state index in [4.69, 9.17) is 18.9 Å². The highest BCUT2D eigenvalue weighted by molar-refractivity contribution is 8.18. The molecule has 1 aromatic carbocycles. The fraction of sp³-hybridized carbons (Fsp3) is 0.389. The molecule has 0 aliphatic carbocycles. The maximum absolute atomic E-state index is 12.6. The van der Waals surface area contributed by atoms with Gasteiger partial charge in [0, 0.05) is 25.3 Å². The lowest BCUT2D eigenvalue weighted by atomic mass is 10.1. The van der Waals surface area contributed by atoms with Crippen molar-refractivity contribution < 1.29 is 33.3 Å². The molecule has 2 rings (SSSR count). The fourth-order valence-electron chi connectivity index (χ4n) is 2.44. The van der Waals surface area contributed by atoms with Gasteiger partial charge in [-0.05, 0) is 23.9 Å². The van der Waals surface area contributed by atoms with Crippen molar-refractivity contribution in [1.82, 2.24) is 10.2 Å². The smallest absolute Gasteiger partial charge is 0.294 e. The molecule has 0 aromatic heterocycles. The summed E-state index contributed by atoms with van der Waals surface area (Å²) in [5, 5.41) is 2.06. The number of nitrogens with one attached hydrogen (secondary N) is 1. The maximum Gasteiger partial charge on any atom is 0.294 e. The van der Waals surface area contributed by atoms with Crippen molar-refractivity contribution in [3.8, 4) is 17.2 Å². The van der Waals surface area contributed by atoms with Crippen molar-refractivity contribution in [3.05, 3.63) is 22.6 Å². The zero-order chi connectivity index (χ0) is 20.7. The molecule has 28 heavy (non-hydrogen) atoms. The number of carbonyl (C=O) groups is 3. The molecule has 3 amide bonds. The van der Waals surface area contributed by atoms with Gasteiger partial charge in [0.15, 0.2) is 11.5 Å². The highest BCUT2D eigenvalue weighted by Crippen LogP contribution is 2.38. The van der Waals surface area contributed by atoms with Gasteiger partial charge in [0.1, 0.15) is 12.3 Å². The van der Waals surface area contributed by atoms with Gasteiger partial charge in [-0.2, -0.15) is 0 Å². The summed E-state index contributed by atoms with van der Waals surface area (Å²) < 4.78 is 20.7. The van der Waals surface area contributed by atoms with Gasteiger partial charge in [-0.1, -0.05) is 0 Å². The minimum Gasteiger partial charge on any atom is -0.496 e. The van der Waals surface area contributed by atoms with E-state index in [1.54, 1.807) is 12.1 Å². The third-order valence-electron chi connectivity index (χ3n) is 3.83. The van der Waals surface area contributed by atoms with E-state index in [0.717, 1.165) is 16.7 Å². The first-order chi connectivity index (χ1) is 13.4. The first kappa shape index (κ1) is 21.6. The topological polar surface area (TPSA) is 103 Å². The Balaban J connectivity index is 2.22. The predicted octanol–water partition coefficient (Wildman–Crippen LogP) is 1.51.